The quantitative estimate of drug-likeness (QED) is 0.864. The van der Waals surface area contributed by atoms with Gasteiger partial charge in [0, 0.05) is 30.5 Å². The second kappa shape index (κ2) is 7.51. The number of hydrogen-bond donors (Lipinski definition) is 1. The maximum atomic E-state index is 12.2. The highest BCUT2D eigenvalue weighted by Crippen LogP contribution is 2.24. The molecule has 7 heteroatoms. The van der Waals surface area contributed by atoms with Crippen LogP contribution in [0, 0.1) is 11.3 Å². The Morgan fingerprint density at radius 2 is 2.16 bits per heavy atom. The van der Waals surface area contributed by atoms with E-state index in [0.717, 1.165) is 0 Å². The molecule has 7 nitrogen and oxygen atoms in total. The molecule has 0 saturated heterocycles. The van der Waals surface area contributed by atoms with Gasteiger partial charge in [-0.3, -0.25) is 4.79 Å². The number of nitrogens with one attached hydrogen (secondary N) is 1. The van der Waals surface area contributed by atoms with Crippen LogP contribution in [-0.4, -0.2) is 20.6 Å². The van der Waals surface area contributed by atoms with Crippen molar-refractivity contribution in [2.24, 2.45) is 0 Å². The molecule has 2 rings (SSSR count). The van der Waals surface area contributed by atoms with E-state index in [1.165, 1.54) is 0 Å². The van der Waals surface area contributed by atoms with Crippen molar-refractivity contribution in [3.63, 3.8) is 0 Å². The van der Waals surface area contributed by atoms with E-state index in [1.807, 2.05) is 39.2 Å². The van der Waals surface area contributed by atoms with Gasteiger partial charge in [-0.05, 0) is 33.3 Å². The average Bonchev–Trinajstić information content (AvgIpc) is 3.13. The van der Waals surface area contributed by atoms with E-state index >= 15 is 0 Å². The Kier molecular flexibility index (Phi) is 5.62. The highest BCUT2D eigenvalue weighted by molar-refractivity contribution is 5.90. The predicted octanol–water partition coefficient (Wildman–Crippen LogP) is 3.58. The Hall–Kier alpha value is -2.62. The summed E-state index contributed by atoms with van der Waals surface area (Å²) < 4.78 is 7.07. The fraction of sp³-hybridized carbons (Fsp3) is 0.556. The number of hydrogen-bond acceptors (Lipinski definition) is 5. The topological polar surface area (TPSA) is 96.7 Å². The molecular formula is C18H25N5O2. The smallest absolute Gasteiger partial charge is 0.226 e. The highest BCUT2D eigenvalue weighted by atomic mass is 16.5. The molecular weight excluding hydrogens is 318 g/mol. The summed E-state index contributed by atoms with van der Waals surface area (Å²) in [5.41, 5.74) is 0.298. The number of aryl methyl sites for hydroxylation is 1. The first kappa shape index (κ1) is 18.7. The molecule has 134 valence electrons. The molecule has 0 fully saturated rings. The van der Waals surface area contributed by atoms with Crippen LogP contribution in [0.4, 0.5) is 5.82 Å². The van der Waals surface area contributed by atoms with Gasteiger partial charge < -0.3 is 14.4 Å². The second-order valence-corrected chi connectivity index (χ2v) is 7.37. The molecule has 1 N–H and O–H groups in total. The van der Waals surface area contributed by atoms with Gasteiger partial charge in [-0.15, -0.1) is 0 Å². The Bertz CT molecular complexity index is 774. The molecule has 0 spiro atoms. The van der Waals surface area contributed by atoms with E-state index in [9.17, 15) is 4.79 Å². The van der Waals surface area contributed by atoms with Crippen molar-refractivity contribution < 1.29 is 9.32 Å². The number of aromatic nitrogens is 3. The third kappa shape index (κ3) is 4.92. The summed E-state index contributed by atoms with van der Waals surface area (Å²) in [4.78, 5) is 16.5. The maximum Gasteiger partial charge on any atom is 0.226 e. The van der Waals surface area contributed by atoms with Gasteiger partial charge >= 0.3 is 0 Å². The zero-order valence-corrected chi connectivity index (χ0v) is 15.5. The Morgan fingerprint density at radius 1 is 1.44 bits per heavy atom. The molecule has 0 atom stereocenters. The molecule has 0 saturated carbocycles. The zero-order chi connectivity index (χ0) is 18.6. The van der Waals surface area contributed by atoms with Crippen molar-refractivity contribution in [3.8, 4) is 6.07 Å². The minimum Gasteiger partial charge on any atom is -0.339 e. The van der Waals surface area contributed by atoms with Gasteiger partial charge in [0.2, 0.25) is 11.8 Å². The standard InChI is InChI=1S/C18H25N5O2/c1-12(2)17-21-16(25-22-17)8-6-7-15(24)20-14-9-13(10-19)11-23(14)18(3,4)5/h9,11-12H,6-8H2,1-5H3,(H,20,24). The average molecular weight is 343 g/mol. The monoisotopic (exact) mass is 343 g/mol. The summed E-state index contributed by atoms with van der Waals surface area (Å²) in [5, 5.41) is 15.9. The Labute approximate surface area is 148 Å². The number of rotatable bonds is 6. The largest absolute Gasteiger partial charge is 0.339 e. The fourth-order valence-corrected chi connectivity index (χ4v) is 2.38. The van der Waals surface area contributed by atoms with Gasteiger partial charge in [0.15, 0.2) is 5.82 Å². The molecule has 0 bridgehead atoms. The van der Waals surface area contributed by atoms with Crippen LogP contribution in [0.25, 0.3) is 0 Å². The van der Waals surface area contributed by atoms with E-state index in [0.29, 0.717) is 42.4 Å². The molecule has 2 aromatic rings. The highest BCUT2D eigenvalue weighted by Gasteiger charge is 2.19. The third-order valence-electron chi connectivity index (χ3n) is 3.73. The lowest BCUT2D eigenvalue weighted by Gasteiger charge is -2.24. The minimum atomic E-state index is -0.227. The van der Waals surface area contributed by atoms with E-state index < -0.39 is 0 Å². The van der Waals surface area contributed by atoms with Crippen LogP contribution in [0.5, 0.6) is 0 Å². The Morgan fingerprint density at radius 3 is 2.72 bits per heavy atom. The minimum absolute atomic E-state index is 0.100. The van der Waals surface area contributed by atoms with Crippen LogP contribution in [0.3, 0.4) is 0 Å². The van der Waals surface area contributed by atoms with Crippen LogP contribution in [0.2, 0.25) is 0 Å². The van der Waals surface area contributed by atoms with E-state index in [1.54, 1.807) is 12.3 Å². The number of amides is 1. The molecule has 0 aliphatic carbocycles. The summed E-state index contributed by atoms with van der Waals surface area (Å²) in [6.07, 6.45) is 3.28. The first-order chi connectivity index (χ1) is 11.7. The lowest BCUT2D eigenvalue weighted by Crippen LogP contribution is -2.24. The van der Waals surface area contributed by atoms with E-state index in [-0.39, 0.29) is 17.4 Å². The molecule has 0 aromatic carbocycles. The maximum absolute atomic E-state index is 12.2. The van der Waals surface area contributed by atoms with Gasteiger partial charge in [0.25, 0.3) is 0 Å². The summed E-state index contributed by atoms with van der Waals surface area (Å²) in [6, 6.07) is 3.80. The van der Waals surface area contributed by atoms with Crippen LogP contribution in [0.1, 0.15) is 70.7 Å². The lowest BCUT2D eigenvalue weighted by atomic mass is 10.1. The van der Waals surface area contributed by atoms with Crippen molar-refractivity contribution in [3.05, 3.63) is 29.5 Å². The first-order valence-electron chi connectivity index (χ1n) is 8.46. The van der Waals surface area contributed by atoms with Crippen LogP contribution in [0.15, 0.2) is 16.8 Å². The fourth-order valence-electron chi connectivity index (χ4n) is 2.38. The number of nitriles is 1. The van der Waals surface area contributed by atoms with Crippen molar-refractivity contribution in [2.75, 3.05) is 5.32 Å². The lowest BCUT2D eigenvalue weighted by molar-refractivity contribution is -0.116. The number of anilines is 1. The molecule has 0 aliphatic heterocycles. The summed E-state index contributed by atoms with van der Waals surface area (Å²) in [5.74, 6) is 2.00. The van der Waals surface area contributed by atoms with E-state index in [2.05, 4.69) is 21.5 Å². The van der Waals surface area contributed by atoms with E-state index in [4.69, 9.17) is 9.78 Å². The van der Waals surface area contributed by atoms with Crippen molar-refractivity contribution >= 4 is 11.7 Å². The number of nitrogens with zero attached hydrogens (tertiary/aromatic N) is 4. The molecule has 0 radical (unpaired) electrons. The van der Waals surface area contributed by atoms with Crippen LogP contribution in [-0.2, 0) is 16.8 Å². The van der Waals surface area contributed by atoms with Gasteiger partial charge in [0.05, 0.1) is 5.56 Å². The van der Waals surface area contributed by atoms with Gasteiger partial charge in [0.1, 0.15) is 11.9 Å². The molecule has 25 heavy (non-hydrogen) atoms. The number of carbonyl (C=O) groups excluding carboxylic acids is 1. The normalized spacial score (nSPS) is 11.6. The van der Waals surface area contributed by atoms with Crippen LogP contribution < -0.4 is 5.32 Å². The van der Waals surface area contributed by atoms with Gasteiger partial charge in [-0.25, -0.2) is 0 Å². The molecule has 2 heterocycles. The summed E-state index contributed by atoms with van der Waals surface area (Å²) >= 11 is 0. The summed E-state index contributed by atoms with van der Waals surface area (Å²) in [7, 11) is 0. The van der Waals surface area contributed by atoms with Crippen molar-refractivity contribution in [2.45, 2.75) is 65.3 Å². The van der Waals surface area contributed by atoms with Gasteiger partial charge in [-0.2, -0.15) is 10.2 Å². The molecule has 2 aromatic heterocycles. The van der Waals surface area contributed by atoms with Gasteiger partial charge in [-0.1, -0.05) is 19.0 Å². The molecule has 0 unspecified atom stereocenters. The zero-order valence-electron chi connectivity index (χ0n) is 15.5. The predicted molar refractivity (Wildman–Crippen MR) is 94.1 cm³/mol. The second-order valence-electron chi connectivity index (χ2n) is 7.37. The Balaban J connectivity index is 1.92. The molecule has 0 aliphatic rings. The van der Waals surface area contributed by atoms with Crippen LogP contribution >= 0.6 is 0 Å². The number of carbonyl (C=O) groups is 1. The molecule has 1 amide bonds. The SMILES string of the molecule is CC(C)c1noc(CCCC(=O)Nc2cc(C#N)cn2C(C)(C)C)n1. The van der Waals surface area contributed by atoms with Crippen molar-refractivity contribution in [1.29, 1.82) is 5.26 Å². The first-order valence-corrected chi connectivity index (χ1v) is 8.46. The van der Waals surface area contributed by atoms with Crippen molar-refractivity contribution in [1.82, 2.24) is 14.7 Å². The summed E-state index contributed by atoms with van der Waals surface area (Å²) in [6.45, 7) is 10.1. The third-order valence-corrected chi connectivity index (χ3v) is 3.73.